The molecule has 1 unspecified atom stereocenters. The van der Waals surface area contributed by atoms with E-state index in [1.807, 2.05) is 0 Å². The van der Waals surface area contributed by atoms with Gasteiger partial charge in [-0.3, -0.25) is 9.69 Å². The number of carbonyl (C=O) groups excluding carboxylic acids is 1. The Labute approximate surface area is 92.4 Å². The van der Waals surface area contributed by atoms with E-state index in [-0.39, 0.29) is 0 Å². The van der Waals surface area contributed by atoms with Crippen LogP contribution in [0.1, 0.15) is 39.5 Å². The van der Waals surface area contributed by atoms with Crippen molar-refractivity contribution in [3.8, 4) is 0 Å². The zero-order valence-electron chi connectivity index (χ0n) is 9.91. The van der Waals surface area contributed by atoms with Gasteiger partial charge < -0.3 is 4.90 Å². The van der Waals surface area contributed by atoms with Gasteiger partial charge in [-0.1, -0.05) is 6.92 Å². The molecule has 3 nitrogen and oxygen atoms in total. The average molecular weight is 210 g/mol. The minimum absolute atomic E-state index is 0.384. The first kappa shape index (κ1) is 10.9. The Morgan fingerprint density at radius 2 is 2.27 bits per heavy atom. The molecule has 0 saturated carbocycles. The van der Waals surface area contributed by atoms with Crippen LogP contribution in [0.5, 0.6) is 0 Å². The molecule has 0 N–H and O–H groups in total. The van der Waals surface area contributed by atoms with Crippen molar-refractivity contribution in [2.24, 2.45) is 0 Å². The Kier molecular flexibility index (Phi) is 3.29. The van der Waals surface area contributed by atoms with E-state index in [2.05, 4.69) is 23.6 Å². The molecule has 2 rings (SSSR count). The van der Waals surface area contributed by atoms with Crippen LogP contribution in [-0.2, 0) is 4.79 Å². The van der Waals surface area contributed by atoms with Gasteiger partial charge in [-0.05, 0) is 26.2 Å². The van der Waals surface area contributed by atoms with Crippen molar-refractivity contribution < 1.29 is 4.79 Å². The highest BCUT2D eigenvalue weighted by Crippen LogP contribution is 2.23. The Morgan fingerprint density at radius 3 is 3.00 bits per heavy atom. The number of rotatable bonds is 2. The summed E-state index contributed by atoms with van der Waals surface area (Å²) in [6.45, 7) is 7.65. The fourth-order valence-electron chi connectivity index (χ4n) is 2.75. The molecule has 0 radical (unpaired) electrons. The van der Waals surface area contributed by atoms with E-state index in [0.29, 0.717) is 18.0 Å². The fourth-order valence-corrected chi connectivity index (χ4v) is 2.75. The third-order valence-electron chi connectivity index (χ3n) is 3.98. The number of hydrogen-bond donors (Lipinski definition) is 0. The molecule has 2 aliphatic heterocycles. The molecule has 0 bridgehead atoms. The summed E-state index contributed by atoms with van der Waals surface area (Å²) in [7, 11) is 0. The van der Waals surface area contributed by atoms with Gasteiger partial charge in [0, 0.05) is 38.1 Å². The lowest BCUT2D eigenvalue weighted by Crippen LogP contribution is -2.58. The highest BCUT2D eigenvalue weighted by molar-refractivity contribution is 5.77. The molecule has 3 heteroatoms. The van der Waals surface area contributed by atoms with Crippen LogP contribution in [0.25, 0.3) is 0 Å². The number of hydrogen-bond acceptors (Lipinski definition) is 2. The van der Waals surface area contributed by atoms with Crippen LogP contribution in [0.15, 0.2) is 0 Å². The summed E-state index contributed by atoms with van der Waals surface area (Å²) >= 11 is 0. The normalized spacial score (nSPS) is 30.1. The first-order valence-corrected chi connectivity index (χ1v) is 6.26. The van der Waals surface area contributed by atoms with Crippen molar-refractivity contribution in [3.05, 3.63) is 0 Å². The largest absolute Gasteiger partial charge is 0.337 e. The van der Waals surface area contributed by atoms with Crippen LogP contribution < -0.4 is 0 Å². The van der Waals surface area contributed by atoms with E-state index in [9.17, 15) is 4.79 Å². The van der Waals surface area contributed by atoms with Crippen LogP contribution in [0, 0.1) is 0 Å². The van der Waals surface area contributed by atoms with Gasteiger partial charge in [0.1, 0.15) is 0 Å². The van der Waals surface area contributed by atoms with Crippen LogP contribution in [-0.4, -0.2) is 47.4 Å². The second-order valence-electron chi connectivity index (χ2n) is 4.89. The molecule has 15 heavy (non-hydrogen) atoms. The molecule has 0 aromatic rings. The molecule has 0 aliphatic carbocycles. The Bertz CT molecular complexity index is 242. The third-order valence-corrected chi connectivity index (χ3v) is 3.98. The maximum atomic E-state index is 11.7. The maximum absolute atomic E-state index is 11.7. The molecule has 0 aromatic carbocycles. The monoisotopic (exact) mass is 210 g/mol. The lowest BCUT2D eigenvalue weighted by atomic mass is 9.98. The van der Waals surface area contributed by atoms with E-state index in [1.54, 1.807) is 0 Å². The Morgan fingerprint density at radius 1 is 1.47 bits per heavy atom. The number of amides is 1. The van der Waals surface area contributed by atoms with Crippen LogP contribution in [0.2, 0.25) is 0 Å². The lowest BCUT2D eigenvalue weighted by molar-refractivity contribution is -0.140. The van der Waals surface area contributed by atoms with Gasteiger partial charge in [0.2, 0.25) is 5.91 Å². The summed E-state index contributed by atoms with van der Waals surface area (Å²) in [6, 6.07) is 1.18. The molecule has 2 aliphatic rings. The topological polar surface area (TPSA) is 23.6 Å². The van der Waals surface area contributed by atoms with Crippen LogP contribution in [0.3, 0.4) is 0 Å². The van der Waals surface area contributed by atoms with Gasteiger partial charge in [0.05, 0.1) is 0 Å². The van der Waals surface area contributed by atoms with E-state index in [0.717, 1.165) is 32.5 Å². The summed E-state index contributed by atoms with van der Waals surface area (Å²) in [5, 5.41) is 0. The van der Waals surface area contributed by atoms with Crippen molar-refractivity contribution in [1.82, 2.24) is 9.80 Å². The number of nitrogens with zero attached hydrogens (tertiary/aromatic N) is 2. The zero-order chi connectivity index (χ0) is 10.8. The number of carbonyl (C=O) groups is 1. The van der Waals surface area contributed by atoms with Crippen molar-refractivity contribution in [3.63, 3.8) is 0 Å². The summed E-state index contributed by atoms with van der Waals surface area (Å²) in [4.78, 5) is 16.3. The van der Waals surface area contributed by atoms with Gasteiger partial charge in [0.25, 0.3) is 0 Å². The van der Waals surface area contributed by atoms with Gasteiger partial charge >= 0.3 is 0 Å². The summed E-state index contributed by atoms with van der Waals surface area (Å²) < 4.78 is 0. The quantitative estimate of drug-likeness (QED) is 0.689. The lowest BCUT2D eigenvalue weighted by Gasteiger charge is -2.45. The molecule has 0 spiro atoms. The summed E-state index contributed by atoms with van der Waals surface area (Å²) in [5.41, 5.74) is 0. The molecular weight excluding hydrogens is 188 g/mol. The average Bonchev–Trinajstić information content (AvgIpc) is 2.28. The first-order chi connectivity index (χ1) is 7.22. The second-order valence-corrected chi connectivity index (χ2v) is 4.89. The van der Waals surface area contributed by atoms with E-state index in [4.69, 9.17) is 0 Å². The van der Waals surface area contributed by atoms with Crippen LogP contribution in [0.4, 0.5) is 0 Å². The maximum Gasteiger partial charge on any atom is 0.222 e. The summed E-state index contributed by atoms with van der Waals surface area (Å²) in [6.07, 6.45) is 4.29. The Balaban J connectivity index is 1.96. The standard InChI is InChI=1S/C12H22N2O/c1-3-10(2)13-7-8-14-11(9-13)5-4-6-12(14)15/h10-11H,3-9H2,1-2H3/t10?,11-/m1/s1. The predicted octanol–water partition coefficient (Wildman–Crippen LogP) is 1.48. The van der Waals surface area contributed by atoms with Crippen molar-refractivity contribution in [2.75, 3.05) is 19.6 Å². The molecule has 0 aromatic heterocycles. The molecule has 2 atom stereocenters. The number of piperazine rings is 1. The molecule has 2 saturated heterocycles. The van der Waals surface area contributed by atoms with Crippen molar-refractivity contribution in [2.45, 2.75) is 51.6 Å². The highest BCUT2D eigenvalue weighted by Gasteiger charge is 2.33. The molecule has 2 fully saturated rings. The third kappa shape index (κ3) is 2.17. The van der Waals surface area contributed by atoms with Gasteiger partial charge in [-0.25, -0.2) is 0 Å². The summed E-state index contributed by atoms with van der Waals surface area (Å²) in [5.74, 6) is 0.384. The predicted molar refractivity (Wildman–Crippen MR) is 60.7 cm³/mol. The van der Waals surface area contributed by atoms with Gasteiger partial charge in [-0.15, -0.1) is 0 Å². The van der Waals surface area contributed by atoms with Crippen molar-refractivity contribution >= 4 is 5.91 Å². The highest BCUT2D eigenvalue weighted by atomic mass is 16.2. The molecule has 1 amide bonds. The van der Waals surface area contributed by atoms with Gasteiger partial charge in [0.15, 0.2) is 0 Å². The number of fused-ring (bicyclic) bond motifs is 1. The van der Waals surface area contributed by atoms with E-state index < -0.39 is 0 Å². The Hall–Kier alpha value is -0.570. The molecular formula is C12H22N2O. The minimum atomic E-state index is 0.384. The van der Waals surface area contributed by atoms with Crippen LogP contribution >= 0.6 is 0 Å². The minimum Gasteiger partial charge on any atom is -0.337 e. The van der Waals surface area contributed by atoms with E-state index >= 15 is 0 Å². The van der Waals surface area contributed by atoms with Crippen molar-refractivity contribution in [1.29, 1.82) is 0 Å². The second kappa shape index (κ2) is 4.52. The first-order valence-electron chi connectivity index (χ1n) is 6.26. The smallest absolute Gasteiger partial charge is 0.222 e. The molecule has 2 heterocycles. The number of piperidine rings is 1. The molecule has 86 valence electrons. The zero-order valence-corrected chi connectivity index (χ0v) is 9.91. The van der Waals surface area contributed by atoms with Gasteiger partial charge in [-0.2, -0.15) is 0 Å². The SMILES string of the molecule is CCC(C)N1CCN2C(=O)CCC[C@@H]2C1. The fraction of sp³-hybridized carbons (Fsp3) is 0.917. The van der Waals surface area contributed by atoms with E-state index in [1.165, 1.54) is 12.8 Å².